The van der Waals surface area contributed by atoms with Crippen LogP contribution in [0.2, 0.25) is 0 Å². The van der Waals surface area contributed by atoms with E-state index in [2.05, 4.69) is 38.7 Å². The molecule has 2 heterocycles. The van der Waals surface area contributed by atoms with E-state index in [-0.39, 0.29) is 11.9 Å². The molecular weight excluding hydrogens is 332 g/mol. The van der Waals surface area contributed by atoms with Gasteiger partial charge in [-0.1, -0.05) is 12.1 Å². The molecule has 0 radical (unpaired) electrons. The average molecular weight is 354 g/mol. The molecule has 1 N–H and O–H groups in total. The number of nitrogens with one attached hydrogen (secondary N) is 1. The van der Waals surface area contributed by atoms with Crippen LogP contribution in [-0.2, 0) is 11.3 Å². The van der Waals surface area contributed by atoms with Crippen LogP contribution in [0.1, 0.15) is 17.4 Å². The number of rotatable bonds is 5. The van der Waals surface area contributed by atoms with Crippen LogP contribution in [0.25, 0.3) is 0 Å². The minimum Gasteiger partial charge on any atom is -0.325 e. The minimum atomic E-state index is -0.186. The van der Waals surface area contributed by atoms with Gasteiger partial charge in [-0.25, -0.2) is 0 Å². The second kappa shape index (κ2) is 8.26. The summed E-state index contributed by atoms with van der Waals surface area (Å²) in [7, 11) is 0. The molecule has 0 bridgehead atoms. The smallest absolute Gasteiger partial charge is 0.241 e. The SMILES string of the molecule is CC(C(=O)Nc1cccc(C#N)c1)N1CCN(Cc2cccs2)CC1. The van der Waals surface area contributed by atoms with Gasteiger partial charge < -0.3 is 5.32 Å². The van der Waals surface area contributed by atoms with E-state index in [1.54, 1.807) is 29.5 Å². The highest BCUT2D eigenvalue weighted by Crippen LogP contribution is 2.16. The Morgan fingerprint density at radius 1 is 1.28 bits per heavy atom. The molecule has 1 amide bonds. The first-order valence-electron chi connectivity index (χ1n) is 8.45. The van der Waals surface area contributed by atoms with Gasteiger partial charge in [0.2, 0.25) is 5.91 Å². The van der Waals surface area contributed by atoms with Gasteiger partial charge in [-0.05, 0) is 36.6 Å². The van der Waals surface area contributed by atoms with Crippen molar-refractivity contribution in [3.63, 3.8) is 0 Å². The zero-order chi connectivity index (χ0) is 17.6. The number of hydrogen-bond donors (Lipinski definition) is 1. The predicted molar refractivity (Wildman–Crippen MR) is 100 cm³/mol. The summed E-state index contributed by atoms with van der Waals surface area (Å²) in [4.78, 5) is 18.5. The van der Waals surface area contributed by atoms with Gasteiger partial charge in [-0.15, -0.1) is 11.3 Å². The molecule has 0 spiro atoms. The lowest BCUT2D eigenvalue weighted by Gasteiger charge is -2.37. The molecule has 0 aliphatic carbocycles. The molecule has 1 aromatic heterocycles. The molecular formula is C19H22N4OS. The van der Waals surface area contributed by atoms with Crippen LogP contribution < -0.4 is 5.32 Å². The van der Waals surface area contributed by atoms with Crippen LogP contribution in [0.3, 0.4) is 0 Å². The van der Waals surface area contributed by atoms with E-state index in [0.717, 1.165) is 32.7 Å². The van der Waals surface area contributed by atoms with Crippen LogP contribution in [-0.4, -0.2) is 47.9 Å². The number of piperazine rings is 1. The van der Waals surface area contributed by atoms with Crippen molar-refractivity contribution in [3.8, 4) is 6.07 Å². The van der Waals surface area contributed by atoms with Gasteiger partial charge in [0.15, 0.2) is 0 Å². The third-order valence-corrected chi connectivity index (χ3v) is 5.41. The fourth-order valence-corrected chi connectivity index (χ4v) is 3.76. The molecule has 1 aliphatic heterocycles. The van der Waals surface area contributed by atoms with Crippen LogP contribution in [0.15, 0.2) is 41.8 Å². The second-order valence-corrected chi connectivity index (χ2v) is 7.28. The van der Waals surface area contributed by atoms with Crippen molar-refractivity contribution in [2.24, 2.45) is 0 Å². The molecule has 130 valence electrons. The first-order valence-corrected chi connectivity index (χ1v) is 9.33. The number of nitriles is 1. The Morgan fingerprint density at radius 3 is 2.76 bits per heavy atom. The summed E-state index contributed by atoms with van der Waals surface area (Å²) < 4.78 is 0. The van der Waals surface area contributed by atoms with Crippen molar-refractivity contribution < 1.29 is 4.79 Å². The van der Waals surface area contributed by atoms with Crippen molar-refractivity contribution in [1.29, 1.82) is 5.26 Å². The summed E-state index contributed by atoms with van der Waals surface area (Å²) in [6, 6.07) is 13.2. The Balaban J connectivity index is 1.50. The van der Waals surface area contributed by atoms with E-state index in [1.807, 2.05) is 13.0 Å². The van der Waals surface area contributed by atoms with Crippen LogP contribution in [0.5, 0.6) is 0 Å². The summed E-state index contributed by atoms with van der Waals surface area (Å²) in [6.45, 7) is 6.65. The molecule has 5 nitrogen and oxygen atoms in total. The monoisotopic (exact) mass is 354 g/mol. The Morgan fingerprint density at radius 2 is 2.08 bits per heavy atom. The molecule has 1 aliphatic rings. The normalized spacial score (nSPS) is 17.0. The topological polar surface area (TPSA) is 59.4 Å². The summed E-state index contributed by atoms with van der Waals surface area (Å²) in [5, 5.41) is 14.0. The molecule has 1 atom stereocenters. The molecule has 2 aromatic rings. The Labute approximate surface area is 152 Å². The van der Waals surface area contributed by atoms with Crippen molar-refractivity contribution in [2.45, 2.75) is 19.5 Å². The number of carbonyl (C=O) groups excluding carboxylic acids is 1. The number of carbonyl (C=O) groups is 1. The van der Waals surface area contributed by atoms with E-state index in [0.29, 0.717) is 11.3 Å². The summed E-state index contributed by atoms with van der Waals surface area (Å²) in [5.41, 5.74) is 1.22. The van der Waals surface area contributed by atoms with E-state index < -0.39 is 0 Å². The lowest BCUT2D eigenvalue weighted by molar-refractivity contribution is -0.121. The fourth-order valence-electron chi connectivity index (χ4n) is 3.01. The molecule has 1 aromatic carbocycles. The molecule has 6 heteroatoms. The third kappa shape index (κ3) is 4.67. The van der Waals surface area contributed by atoms with Gasteiger partial charge in [0, 0.05) is 43.3 Å². The molecule has 3 rings (SSSR count). The number of nitrogens with zero attached hydrogens (tertiary/aromatic N) is 3. The summed E-state index contributed by atoms with van der Waals surface area (Å²) in [6.07, 6.45) is 0. The highest BCUT2D eigenvalue weighted by molar-refractivity contribution is 7.09. The lowest BCUT2D eigenvalue weighted by atomic mass is 10.2. The minimum absolute atomic E-state index is 0.0261. The fraction of sp³-hybridized carbons (Fsp3) is 0.368. The first kappa shape index (κ1) is 17.6. The molecule has 25 heavy (non-hydrogen) atoms. The quantitative estimate of drug-likeness (QED) is 0.897. The van der Waals surface area contributed by atoms with E-state index in [4.69, 9.17) is 5.26 Å². The lowest BCUT2D eigenvalue weighted by Crippen LogP contribution is -2.52. The van der Waals surface area contributed by atoms with Gasteiger partial charge >= 0.3 is 0 Å². The maximum absolute atomic E-state index is 12.5. The maximum Gasteiger partial charge on any atom is 0.241 e. The van der Waals surface area contributed by atoms with Gasteiger partial charge in [0.25, 0.3) is 0 Å². The summed E-state index contributed by atoms with van der Waals surface area (Å²) in [5.74, 6) is -0.0261. The third-order valence-electron chi connectivity index (χ3n) is 4.55. The Bertz CT molecular complexity index is 745. The van der Waals surface area contributed by atoms with E-state index in [1.165, 1.54) is 4.88 Å². The van der Waals surface area contributed by atoms with E-state index >= 15 is 0 Å². The van der Waals surface area contributed by atoms with Crippen LogP contribution >= 0.6 is 11.3 Å². The standard InChI is InChI=1S/C19H22N4OS/c1-15(19(24)21-17-5-2-4-16(12-17)13-20)23-9-7-22(8-10-23)14-18-6-3-11-25-18/h2-6,11-12,15H,7-10,14H2,1H3,(H,21,24). The van der Waals surface area contributed by atoms with Crippen LogP contribution in [0.4, 0.5) is 5.69 Å². The highest BCUT2D eigenvalue weighted by Gasteiger charge is 2.25. The molecule has 1 unspecified atom stereocenters. The van der Waals surface area contributed by atoms with Crippen molar-refractivity contribution in [1.82, 2.24) is 9.80 Å². The average Bonchev–Trinajstić information content (AvgIpc) is 3.15. The second-order valence-electron chi connectivity index (χ2n) is 6.25. The Hall–Kier alpha value is -2.20. The number of benzene rings is 1. The maximum atomic E-state index is 12.5. The largest absolute Gasteiger partial charge is 0.325 e. The van der Waals surface area contributed by atoms with Gasteiger partial charge in [0.05, 0.1) is 17.7 Å². The van der Waals surface area contributed by atoms with Crippen molar-refractivity contribution >= 4 is 22.9 Å². The predicted octanol–water partition coefficient (Wildman–Crippen LogP) is 2.76. The van der Waals surface area contributed by atoms with E-state index in [9.17, 15) is 4.79 Å². The van der Waals surface area contributed by atoms with Gasteiger partial charge in [-0.2, -0.15) is 5.26 Å². The highest BCUT2D eigenvalue weighted by atomic mass is 32.1. The number of amides is 1. The number of anilines is 1. The zero-order valence-electron chi connectivity index (χ0n) is 14.3. The number of hydrogen-bond acceptors (Lipinski definition) is 5. The van der Waals surface area contributed by atoms with Crippen molar-refractivity contribution in [2.75, 3.05) is 31.5 Å². The molecule has 0 saturated carbocycles. The van der Waals surface area contributed by atoms with Gasteiger partial charge in [-0.3, -0.25) is 14.6 Å². The van der Waals surface area contributed by atoms with Crippen molar-refractivity contribution in [3.05, 3.63) is 52.2 Å². The number of thiophene rings is 1. The first-order chi connectivity index (χ1) is 12.2. The molecule has 1 saturated heterocycles. The molecule has 1 fully saturated rings. The summed E-state index contributed by atoms with van der Waals surface area (Å²) >= 11 is 1.79. The Kier molecular flexibility index (Phi) is 5.82. The van der Waals surface area contributed by atoms with Gasteiger partial charge in [0.1, 0.15) is 0 Å². The van der Waals surface area contributed by atoms with Crippen LogP contribution in [0, 0.1) is 11.3 Å². The zero-order valence-corrected chi connectivity index (χ0v) is 15.1.